The van der Waals surface area contributed by atoms with Crippen LogP contribution in [0.3, 0.4) is 0 Å². The van der Waals surface area contributed by atoms with Gasteiger partial charge in [-0.05, 0) is 39.4 Å². The number of rotatable bonds is 11. The molecule has 2 N–H and O–H groups in total. The van der Waals surface area contributed by atoms with Crippen molar-refractivity contribution in [2.75, 3.05) is 13.2 Å². The molecule has 0 rings (SSSR count). The Hall–Kier alpha value is 0.314. The van der Waals surface area contributed by atoms with Gasteiger partial charge in [-0.25, -0.2) is 0 Å². The molecular formula is C14H35NO2Si2. The SMILES string of the molecule is CCO[Si](C)(CCCN)OC(C)[Si](CC)(CC)CC. The highest BCUT2D eigenvalue weighted by Crippen LogP contribution is 2.29. The summed E-state index contributed by atoms with van der Waals surface area (Å²) in [6, 6.07) is 4.92. The third-order valence-electron chi connectivity index (χ3n) is 4.69. The minimum absolute atomic E-state index is 0.397. The first kappa shape index (κ1) is 19.3. The van der Waals surface area contributed by atoms with E-state index in [9.17, 15) is 0 Å². The van der Waals surface area contributed by atoms with Crippen LogP contribution in [-0.4, -0.2) is 35.5 Å². The zero-order valence-corrected chi connectivity index (χ0v) is 15.9. The van der Waals surface area contributed by atoms with Crippen molar-refractivity contribution in [2.24, 2.45) is 5.73 Å². The Labute approximate surface area is 122 Å². The number of hydrogen-bond acceptors (Lipinski definition) is 3. The maximum atomic E-state index is 6.54. The van der Waals surface area contributed by atoms with Crippen LogP contribution in [0.5, 0.6) is 0 Å². The smallest absolute Gasteiger partial charge is 0.334 e. The third kappa shape index (κ3) is 5.67. The summed E-state index contributed by atoms with van der Waals surface area (Å²) in [5.41, 5.74) is 6.04. The first-order valence-electron chi connectivity index (χ1n) is 7.95. The summed E-state index contributed by atoms with van der Waals surface area (Å²) < 4.78 is 12.6. The van der Waals surface area contributed by atoms with Crippen LogP contribution < -0.4 is 5.73 Å². The highest BCUT2D eigenvalue weighted by Gasteiger charge is 2.40. The van der Waals surface area contributed by atoms with Gasteiger partial charge in [0.25, 0.3) is 0 Å². The zero-order valence-electron chi connectivity index (χ0n) is 13.9. The van der Waals surface area contributed by atoms with Crippen molar-refractivity contribution in [2.45, 2.75) is 77.5 Å². The van der Waals surface area contributed by atoms with Crippen molar-refractivity contribution >= 4 is 16.6 Å². The van der Waals surface area contributed by atoms with Gasteiger partial charge in [0, 0.05) is 12.3 Å². The van der Waals surface area contributed by atoms with Crippen LogP contribution in [0, 0.1) is 0 Å². The molecule has 0 amide bonds. The van der Waals surface area contributed by atoms with Crippen molar-refractivity contribution in [3.8, 4) is 0 Å². The lowest BCUT2D eigenvalue weighted by atomic mass is 10.5. The van der Waals surface area contributed by atoms with Crippen LogP contribution in [-0.2, 0) is 8.85 Å². The maximum absolute atomic E-state index is 6.54. The second-order valence-electron chi connectivity index (χ2n) is 5.64. The molecule has 0 saturated heterocycles. The summed E-state index contributed by atoms with van der Waals surface area (Å²) in [4.78, 5) is 0. The Balaban J connectivity index is 4.81. The van der Waals surface area contributed by atoms with Crippen molar-refractivity contribution in [3.63, 3.8) is 0 Å². The molecule has 0 aromatic heterocycles. The fourth-order valence-electron chi connectivity index (χ4n) is 3.00. The molecule has 3 nitrogen and oxygen atoms in total. The van der Waals surface area contributed by atoms with Gasteiger partial charge in [0.1, 0.15) is 0 Å². The van der Waals surface area contributed by atoms with Crippen LogP contribution in [0.15, 0.2) is 0 Å². The molecular weight excluding hydrogens is 270 g/mol. The second kappa shape index (κ2) is 9.29. The van der Waals surface area contributed by atoms with Gasteiger partial charge in [0.15, 0.2) is 0 Å². The van der Waals surface area contributed by atoms with E-state index in [1.165, 1.54) is 18.1 Å². The Morgan fingerprint density at radius 3 is 1.95 bits per heavy atom. The van der Waals surface area contributed by atoms with E-state index < -0.39 is 16.6 Å². The Bertz CT molecular complexity index is 229. The molecule has 0 bridgehead atoms. The topological polar surface area (TPSA) is 44.5 Å². The van der Waals surface area contributed by atoms with E-state index in [2.05, 4.69) is 41.2 Å². The second-order valence-corrected chi connectivity index (χ2v) is 14.6. The lowest BCUT2D eigenvalue weighted by Gasteiger charge is -2.40. The van der Waals surface area contributed by atoms with E-state index in [1.54, 1.807) is 0 Å². The molecule has 5 heteroatoms. The van der Waals surface area contributed by atoms with Gasteiger partial charge in [-0.15, -0.1) is 0 Å². The highest BCUT2D eigenvalue weighted by atomic mass is 28.4. The van der Waals surface area contributed by atoms with E-state index in [1.807, 2.05) is 0 Å². The lowest BCUT2D eigenvalue weighted by molar-refractivity contribution is 0.164. The van der Waals surface area contributed by atoms with Crippen molar-refractivity contribution in [3.05, 3.63) is 0 Å². The first-order valence-corrected chi connectivity index (χ1v) is 13.2. The van der Waals surface area contributed by atoms with E-state index in [-0.39, 0.29) is 0 Å². The van der Waals surface area contributed by atoms with Gasteiger partial charge in [-0.3, -0.25) is 0 Å². The van der Waals surface area contributed by atoms with E-state index in [0.29, 0.717) is 5.73 Å². The molecule has 116 valence electrons. The van der Waals surface area contributed by atoms with E-state index in [4.69, 9.17) is 14.6 Å². The van der Waals surface area contributed by atoms with Crippen molar-refractivity contribution < 1.29 is 8.85 Å². The molecule has 2 unspecified atom stereocenters. The van der Waals surface area contributed by atoms with E-state index >= 15 is 0 Å². The third-order valence-corrected chi connectivity index (χ3v) is 14.0. The van der Waals surface area contributed by atoms with Crippen molar-refractivity contribution in [1.82, 2.24) is 0 Å². The standard InChI is InChI=1S/C14H35NO2Si2/c1-7-16-18(6,13-11-12-15)17-14(5)19(8-2,9-3)10-4/h14H,7-13,15H2,1-6H3. The first-order chi connectivity index (χ1) is 8.93. The molecule has 0 fully saturated rings. The van der Waals surface area contributed by atoms with Crippen LogP contribution in [0.25, 0.3) is 0 Å². The molecule has 0 saturated carbocycles. The summed E-state index contributed by atoms with van der Waals surface area (Å²) in [6.07, 6.45) is 1.01. The molecule has 0 aliphatic rings. The molecule has 2 atom stereocenters. The predicted molar refractivity (Wildman–Crippen MR) is 89.5 cm³/mol. The summed E-state index contributed by atoms with van der Waals surface area (Å²) >= 11 is 0. The van der Waals surface area contributed by atoms with Crippen LogP contribution in [0.2, 0.25) is 30.7 Å². The highest BCUT2D eigenvalue weighted by molar-refractivity contribution is 6.81. The van der Waals surface area contributed by atoms with Gasteiger partial charge in [0.05, 0.1) is 8.07 Å². The summed E-state index contributed by atoms with van der Waals surface area (Å²) in [5, 5.41) is 0. The van der Waals surface area contributed by atoms with Crippen LogP contribution >= 0.6 is 0 Å². The predicted octanol–water partition coefficient (Wildman–Crippen LogP) is 3.90. The molecule has 0 heterocycles. The summed E-state index contributed by atoms with van der Waals surface area (Å²) in [7, 11) is -3.33. The summed E-state index contributed by atoms with van der Waals surface area (Å²) in [6.45, 7) is 15.0. The van der Waals surface area contributed by atoms with Gasteiger partial charge < -0.3 is 14.6 Å². The zero-order chi connectivity index (χ0) is 14.9. The van der Waals surface area contributed by atoms with Crippen LogP contribution in [0.1, 0.15) is 41.0 Å². The minimum Gasteiger partial charge on any atom is -0.395 e. The fourth-order valence-corrected chi connectivity index (χ4v) is 10.5. The fraction of sp³-hybridized carbons (Fsp3) is 1.00. The Morgan fingerprint density at radius 2 is 1.58 bits per heavy atom. The molecule has 0 aromatic carbocycles. The summed E-state index contributed by atoms with van der Waals surface area (Å²) in [5.74, 6) is 0. The van der Waals surface area contributed by atoms with Gasteiger partial charge in [-0.2, -0.15) is 0 Å². The van der Waals surface area contributed by atoms with Crippen LogP contribution in [0.4, 0.5) is 0 Å². The Morgan fingerprint density at radius 1 is 1.05 bits per heavy atom. The maximum Gasteiger partial charge on any atom is 0.334 e. The van der Waals surface area contributed by atoms with Crippen molar-refractivity contribution in [1.29, 1.82) is 0 Å². The minimum atomic E-state index is -2.04. The average molecular weight is 306 g/mol. The molecule has 19 heavy (non-hydrogen) atoms. The van der Waals surface area contributed by atoms with E-state index in [0.717, 1.165) is 25.6 Å². The molecule has 0 radical (unpaired) electrons. The normalized spacial score (nSPS) is 17.2. The quantitative estimate of drug-likeness (QED) is 0.589. The largest absolute Gasteiger partial charge is 0.395 e. The van der Waals surface area contributed by atoms with Gasteiger partial charge >= 0.3 is 8.56 Å². The molecule has 0 aliphatic carbocycles. The molecule has 0 aromatic rings. The number of nitrogens with two attached hydrogens (primary N) is 1. The molecule has 0 spiro atoms. The lowest BCUT2D eigenvalue weighted by Crippen LogP contribution is -2.52. The molecule has 0 aliphatic heterocycles. The Kier molecular flexibility index (Phi) is 9.44. The van der Waals surface area contributed by atoms with Gasteiger partial charge in [-0.1, -0.05) is 38.9 Å². The number of hydrogen-bond donors (Lipinski definition) is 1. The monoisotopic (exact) mass is 305 g/mol. The van der Waals surface area contributed by atoms with Gasteiger partial charge in [0.2, 0.25) is 0 Å². The average Bonchev–Trinajstić information content (AvgIpc) is 2.39.